The molecule has 1 N–H and O–H groups in total. The first-order chi connectivity index (χ1) is 9.10. The minimum atomic E-state index is -0.879. The van der Waals surface area contributed by atoms with Crippen LogP contribution in [0.4, 0.5) is 0 Å². The molecule has 1 fully saturated rings. The first-order valence-electron chi connectivity index (χ1n) is 7.20. The molecule has 1 saturated heterocycles. The van der Waals surface area contributed by atoms with Crippen LogP contribution in [0.25, 0.3) is 0 Å². The molecule has 1 aliphatic rings. The summed E-state index contributed by atoms with van der Waals surface area (Å²) in [5, 5.41) is 8.92. The highest BCUT2D eigenvalue weighted by atomic mass is 16.5. The Morgan fingerprint density at radius 3 is 2.47 bits per heavy atom. The van der Waals surface area contributed by atoms with Crippen molar-refractivity contribution in [3.05, 3.63) is 0 Å². The third-order valence-corrected chi connectivity index (χ3v) is 3.54. The third-order valence-electron chi connectivity index (χ3n) is 3.54. The lowest BCUT2D eigenvalue weighted by atomic mass is 9.95. The van der Waals surface area contributed by atoms with Gasteiger partial charge in [-0.3, -0.25) is 9.59 Å². The number of amides is 1. The molecule has 1 heterocycles. The molecule has 1 rings (SSSR count). The molecule has 0 aromatic rings. The van der Waals surface area contributed by atoms with E-state index in [1.165, 1.54) is 0 Å². The molecule has 1 amide bonds. The number of carbonyl (C=O) groups is 2. The van der Waals surface area contributed by atoms with Gasteiger partial charge in [0.25, 0.3) is 0 Å². The number of hydrogen-bond acceptors (Lipinski definition) is 3. The van der Waals surface area contributed by atoms with Crippen LogP contribution in [-0.2, 0) is 14.3 Å². The zero-order valence-electron chi connectivity index (χ0n) is 11.9. The number of hydrogen-bond donors (Lipinski definition) is 1. The van der Waals surface area contributed by atoms with E-state index in [-0.39, 0.29) is 24.3 Å². The van der Waals surface area contributed by atoms with Crippen molar-refractivity contribution in [3.63, 3.8) is 0 Å². The van der Waals surface area contributed by atoms with E-state index in [9.17, 15) is 9.59 Å². The predicted molar refractivity (Wildman–Crippen MR) is 71.9 cm³/mol. The summed E-state index contributed by atoms with van der Waals surface area (Å²) in [6.45, 7) is 5.50. The number of carboxylic acids is 1. The largest absolute Gasteiger partial charge is 0.481 e. The summed E-state index contributed by atoms with van der Waals surface area (Å²) < 4.78 is 5.31. The van der Waals surface area contributed by atoms with E-state index in [4.69, 9.17) is 9.84 Å². The van der Waals surface area contributed by atoms with E-state index in [1.807, 2.05) is 0 Å². The topological polar surface area (TPSA) is 66.8 Å². The number of morpholine rings is 1. The summed E-state index contributed by atoms with van der Waals surface area (Å²) in [5.74, 6) is -0.738. The number of nitrogens with zero attached hydrogens (tertiary/aromatic N) is 1. The number of carbonyl (C=O) groups excluding carboxylic acids is 1. The van der Waals surface area contributed by atoms with E-state index in [2.05, 4.69) is 13.8 Å². The number of ether oxygens (including phenoxy) is 1. The lowest BCUT2D eigenvalue weighted by molar-refractivity contribution is -0.149. The minimum Gasteiger partial charge on any atom is -0.481 e. The molecule has 19 heavy (non-hydrogen) atoms. The van der Waals surface area contributed by atoms with Gasteiger partial charge in [-0.25, -0.2) is 0 Å². The van der Waals surface area contributed by atoms with Crippen LogP contribution in [0.3, 0.4) is 0 Å². The SMILES string of the molecule is CCCC(CCC)C(=O)N1CCOCC1CC(=O)O. The van der Waals surface area contributed by atoms with Gasteiger partial charge in [0.15, 0.2) is 0 Å². The fraction of sp³-hybridized carbons (Fsp3) is 0.857. The van der Waals surface area contributed by atoms with Crippen molar-refractivity contribution >= 4 is 11.9 Å². The maximum Gasteiger partial charge on any atom is 0.305 e. The van der Waals surface area contributed by atoms with Gasteiger partial charge in [0.2, 0.25) is 5.91 Å². The molecule has 0 spiro atoms. The molecule has 0 aromatic heterocycles. The molecule has 0 radical (unpaired) electrons. The molecule has 1 atom stereocenters. The highest BCUT2D eigenvalue weighted by molar-refractivity contribution is 5.80. The van der Waals surface area contributed by atoms with Gasteiger partial charge in [-0.1, -0.05) is 26.7 Å². The van der Waals surface area contributed by atoms with Gasteiger partial charge >= 0.3 is 5.97 Å². The van der Waals surface area contributed by atoms with E-state index in [0.717, 1.165) is 25.7 Å². The Labute approximate surface area is 114 Å². The highest BCUT2D eigenvalue weighted by Crippen LogP contribution is 2.21. The second-order valence-electron chi connectivity index (χ2n) is 5.13. The van der Waals surface area contributed by atoms with Crippen LogP contribution >= 0.6 is 0 Å². The molecule has 1 aliphatic heterocycles. The van der Waals surface area contributed by atoms with Gasteiger partial charge in [0.1, 0.15) is 0 Å². The number of aliphatic carboxylic acids is 1. The Balaban J connectivity index is 2.70. The second-order valence-corrected chi connectivity index (χ2v) is 5.13. The average Bonchev–Trinajstić information content (AvgIpc) is 2.38. The molecule has 5 heteroatoms. The third kappa shape index (κ3) is 4.82. The van der Waals surface area contributed by atoms with Gasteiger partial charge in [0, 0.05) is 12.5 Å². The van der Waals surface area contributed by atoms with Crippen LogP contribution in [0, 0.1) is 5.92 Å². The summed E-state index contributed by atoms with van der Waals surface area (Å²) >= 11 is 0. The summed E-state index contributed by atoms with van der Waals surface area (Å²) in [5.41, 5.74) is 0. The lowest BCUT2D eigenvalue weighted by Gasteiger charge is -2.37. The first-order valence-corrected chi connectivity index (χ1v) is 7.20. The van der Waals surface area contributed by atoms with Crippen molar-refractivity contribution in [1.29, 1.82) is 0 Å². The Bertz CT molecular complexity index is 300. The second kappa shape index (κ2) is 8.15. The maximum atomic E-state index is 12.5. The monoisotopic (exact) mass is 271 g/mol. The van der Waals surface area contributed by atoms with Gasteiger partial charge < -0.3 is 14.7 Å². The van der Waals surface area contributed by atoms with Gasteiger partial charge in [0.05, 0.1) is 25.7 Å². The van der Waals surface area contributed by atoms with E-state index >= 15 is 0 Å². The van der Waals surface area contributed by atoms with Crippen LogP contribution in [0.1, 0.15) is 46.0 Å². The zero-order valence-corrected chi connectivity index (χ0v) is 11.9. The molecular weight excluding hydrogens is 246 g/mol. The van der Waals surface area contributed by atoms with Crippen LogP contribution < -0.4 is 0 Å². The van der Waals surface area contributed by atoms with Crippen molar-refractivity contribution in [2.75, 3.05) is 19.8 Å². The maximum absolute atomic E-state index is 12.5. The Kier molecular flexibility index (Phi) is 6.84. The van der Waals surface area contributed by atoms with Gasteiger partial charge in [-0.05, 0) is 12.8 Å². The smallest absolute Gasteiger partial charge is 0.305 e. The van der Waals surface area contributed by atoms with Crippen LogP contribution in [0.5, 0.6) is 0 Å². The number of carboxylic acid groups (broad SMARTS) is 1. The summed E-state index contributed by atoms with van der Waals surface area (Å²) in [4.78, 5) is 25.1. The summed E-state index contributed by atoms with van der Waals surface area (Å²) in [6, 6.07) is -0.310. The van der Waals surface area contributed by atoms with E-state index in [0.29, 0.717) is 19.8 Å². The van der Waals surface area contributed by atoms with E-state index < -0.39 is 5.97 Å². The first kappa shape index (κ1) is 16.0. The molecule has 110 valence electrons. The van der Waals surface area contributed by atoms with Crippen molar-refractivity contribution in [2.24, 2.45) is 5.92 Å². The molecular formula is C14H25NO4. The average molecular weight is 271 g/mol. The van der Waals surface area contributed by atoms with Crippen LogP contribution in [0.15, 0.2) is 0 Å². The van der Waals surface area contributed by atoms with Crippen molar-refractivity contribution < 1.29 is 19.4 Å². The molecule has 5 nitrogen and oxygen atoms in total. The molecule has 0 aliphatic carbocycles. The zero-order chi connectivity index (χ0) is 14.3. The highest BCUT2D eigenvalue weighted by Gasteiger charge is 2.32. The molecule has 0 aromatic carbocycles. The van der Waals surface area contributed by atoms with Crippen molar-refractivity contribution in [1.82, 2.24) is 4.90 Å². The lowest BCUT2D eigenvalue weighted by Crippen LogP contribution is -2.51. The van der Waals surface area contributed by atoms with Gasteiger partial charge in [-0.15, -0.1) is 0 Å². The molecule has 0 bridgehead atoms. The predicted octanol–water partition coefficient (Wildman–Crippen LogP) is 1.90. The summed E-state index contributed by atoms with van der Waals surface area (Å²) in [7, 11) is 0. The van der Waals surface area contributed by atoms with E-state index in [1.54, 1.807) is 4.90 Å². The van der Waals surface area contributed by atoms with Gasteiger partial charge in [-0.2, -0.15) is 0 Å². The fourth-order valence-electron chi connectivity index (χ4n) is 2.64. The van der Waals surface area contributed by atoms with Crippen molar-refractivity contribution in [2.45, 2.75) is 52.0 Å². The fourth-order valence-corrected chi connectivity index (χ4v) is 2.64. The molecule has 1 unspecified atom stereocenters. The summed E-state index contributed by atoms with van der Waals surface area (Å²) in [6.07, 6.45) is 3.68. The minimum absolute atomic E-state index is 0.0310. The Morgan fingerprint density at radius 1 is 1.32 bits per heavy atom. The Morgan fingerprint density at radius 2 is 1.95 bits per heavy atom. The standard InChI is InChI=1S/C14H25NO4/c1-3-5-11(6-4-2)14(18)15-7-8-19-10-12(15)9-13(16)17/h11-12H,3-10H2,1-2H3,(H,16,17). The van der Waals surface area contributed by atoms with Crippen LogP contribution in [0.2, 0.25) is 0 Å². The van der Waals surface area contributed by atoms with Crippen LogP contribution in [-0.4, -0.2) is 47.7 Å². The molecule has 0 saturated carbocycles. The Hall–Kier alpha value is -1.10. The number of rotatable bonds is 7. The van der Waals surface area contributed by atoms with Crippen molar-refractivity contribution in [3.8, 4) is 0 Å². The normalized spacial score (nSPS) is 19.7. The quantitative estimate of drug-likeness (QED) is 0.768.